The summed E-state index contributed by atoms with van der Waals surface area (Å²) in [5.74, 6) is -2.83. The van der Waals surface area contributed by atoms with Gasteiger partial charge in [-0.25, -0.2) is 0 Å². The molecule has 0 spiro atoms. The number of alkyl halides is 3. The molecule has 6 nitrogen and oxygen atoms in total. The molecule has 0 radical (unpaired) electrons. The molecule has 1 aliphatic rings. The molecule has 2 atom stereocenters. The maximum Gasteiger partial charge on any atom is 0.471 e. The summed E-state index contributed by atoms with van der Waals surface area (Å²) in [5.41, 5.74) is 0.929. The van der Waals surface area contributed by atoms with Gasteiger partial charge < -0.3 is 15.5 Å². The lowest BCUT2D eigenvalue weighted by Gasteiger charge is -2.37. The van der Waals surface area contributed by atoms with Gasteiger partial charge in [-0.15, -0.1) is 0 Å². The lowest BCUT2D eigenvalue weighted by molar-refractivity contribution is -0.174. The van der Waals surface area contributed by atoms with Crippen LogP contribution in [0.15, 0.2) is 36.9 Å². The van der Waals surface area contributed by atoms with E-state index in [1.807, 2.05) is 12.2 Å². The van der Waals surface area contributed by atoms with E-state index in [2.05, 4.69) is 11.9 Å². The first-order valence-corrected chi connectivity index (χ1v) is 8.77. The normalized spacial score (nSPS) is 19.6. The Morgan fingerprint density at radius 3 is 2.57 bits per heavy atom. The van der Waals surface area contributed by atoms with Crippen LogP contribution in [0, 0.1) is 5.92 Å². The third kappa shape index (κ3) is 5.58. The minimum atomic E-state index is -4.97. The lowest BCUT2D eigenvalue weighted by atomic mass is 9.94. The summed E-state index contributed by atoms with van der Waals surface area (Å²) >= 11 is 0. The number of carbonyl (C=O) groups excluding carboxylic acids is 3. The Morgan fingerprint density at radius 2 is 1.93 bits per heavy atom. The van der Waals surface area contributed by atoms with Gasteiger partial charge in [-0.2, -0.15) is 13.2 Å². The van der Waals surface area contributed by atoms with E-state index in [9.17, 15) is 27.6 Å². The van der Waals surface area contributed by atoms with E-state index in [1.54, 1.807) is 24.3 Å². The topological polar surface area (TPSA) is 78.5 Å². The number of hydrogen-bond acceptors (Lipinski definition) is 3. The molecule has 0 aromatic heterocycles. The fourth-order valence-electron chi connectivity index (χ4n) is 3.20. The third-order valence-corrected chi connectivity index (χ3v) is 4.43. The van der Waals surface area contributed by atoms with E-state index in [-0.39, 0.29) is 30.8 Å². The van der Waals surface area contributed by atoms with Gasteiger partial charge in [0, 0.05) is 31.2 Å². The van der Waals surface area contributed by atoms with Gasteiger partial charge in [0.05, 0.1) is 0 Å². The lowest BCUT2D eigenvalue weighted by Crippen LogP contribution is -2.54. The Labute approximate surface area is 160 Å². The quantitative estimate of drug-likeness (QED) is 0.747. The summed E-state index contributed by atoms with van der Waals surface area (Å²) in [5, 5.41) is 4.56. The highest BCUT2D eigenvalue weighted by atomic mass is 19.4. The van der Waals surface area contributed by atoms with Crippen molar-refractivity contribution in [3.05, 3.63) is 48.0 Å². The Bertz CT molecular complexity index is 764. The molecule has 1 aromatic carbocycles. The molecule has 0 aliphatic carbocycles. The van der Waals surface area contributed by atoms with E-state index in [4.69, 9.17) is 0 Å². The van der Waals surface area contributed by atoms with Crippen LogP contribution in [-0.2, 0) is 16.1 Å². The predicted octanol–water partition coefficient (Wildman–Crippen LogP) is 2.02. The van der Waals surface area contributed by atoms with Crippen molar-refractivity contribution >= 4 is 17.7 Å². The van der Waals surface area contributed by atoms with Gasteiger partial charge in [0.1, 0.15) is 0 Å². The molecule has 3 amide bonds. The van der Waals surface area contributed by atoms with Crippen molar-refractivity contribution in [2.75, 3.05) is 13.1 Å². The smallest absolute Gasteiger partial charge is 0.348 e. The van der Waals surface area contributed by atoms with Gasteiger partial charge in [-0.1, -0.05) is 31.7 Å². The molecule has 1 heterocycles. The summed E-state index contributed by atoms with van der Waals surface area (Å²) in [4.78, 5) is 37.0. The minimum Gasteiger partial charge on any atom is -0.348 e. The second kappa shape index (κ2) is 8.90. The average molecular weight is 397 g/mol. The fourth-order valence-corrected chi connectivity index (χ4v) is 3.20. The van der Waals surface area contributed by atoms with Gasteiger partial charge in [-0.05, 0) is 30.0 Å². The number of carbonyl (C=O) groups is 3. The van der Waals surface area contributed by atoms with Crippen molar-refractivity contribution < 1.29 is 27.6 Å². The highest BCUT2D eigenvalue weighted by Gasteiger charge is 2.41. The molecular weight excluding hydrogens is 375 g/mol. The number of amides is 3. The zero-order valence-electron chi connectivity index (χ0n) is 15.4. The molecule has 1 saturated heterocycles. The summed E-state index contributed by atoms with van der Waals surface area (Å²) in [6.45, 7) is 5.63. The van der Waals surface area contributed by atoms with Crippen molar-refractivity contribution in [1.29, 1.82) is 0 Å². The standard InChI is InChI=1S/C19H22F3N3O3/c1-3-16(26)23-9-13-6-4-5-7-15(13)17(27)25-10-12(2)8-14(11-25)24-18(28)19(20,21)22/h3-7,12,14H,1,8-11H2,2H3,(H,23,26)(H,24,28). The van der Waals surface area contributed by atoms with Gasteiger partial charge >= 0.3 is 12.1 Å². The number of nitrogens with one attached hydrogen (secondary N) is 2. The van der Waals surface area contributed by atoms with Crippen LogP contribution in [0.25, 0.3) is 0 Å². The molecule has 28 heavy (non-hydrogen) atoms. The summed E-state index contributed by atoms with van der Waals surface area (Å²) in [6, 6.07) is 5.89. The molecule has 152 valence electrons. The van der Waals surface area contributed by atoms with Crippen LogP contribution in [0.5, 0.6) is 0 Å². The highest BCUT2D eigenvalue weighted by molar-refractivity contribution is 5.96. The van der Waals surface area contributed by atoms with Crippen LogP contribution in [0.3, 0.4) is 0 Å². The van der Waals surface area contributed by atoms with E-state index < -0.39 is 18.1 Å². The number of nitrogens with zero attached hydrogens (tertiary/aromatic N) is 1. The second-order valence-electron chi connectivity index (χ2n) is 6.80. The Kier molecular flexibility index (Phi) is 6.82. The van der Waals surface area contributed by atoms with Crippen molar-refractivity contribution in [2.24, 2.45) is 5.92 Å². The first kappa shape index (κ1) is 21.5. The average Bonchev–Trinajstić information content (AvgIpc) is 2.64. The first-order valence-electron chi connectivity index (χ1n) is 8.77. The molecule has 1 aromatic rings. The van der Waals surface area contributed by atoms with Crippen LogP contribution in [0.4, 0.5) is 13.2 Å². The molecule has 0 bridgehead atoms. The van der Waals surface area contributed by atoms with E-state index in [0.29, 0.717) is 24.1 Å². The van der Waals surface area contributed by atoms with Crippen LogP contribution in [0.2, 0.25) is 0 Å². The highest BCUT2D eigenvalue weighted by Crippen LogP contribution is 2.22. The maximum atomic E-state index is 13.0. The third-order valence-electron chi connectivity index (χ3n) is 4.43. The molecule has 0 saturated carbocycles. The summed E-state index contributed by atoms with van der Waals surface area (Å²) in [6.07, 6.45) is -3.50. The zero-order valence-corrected chi connectivity index (χ0v) is 15.4. The zero-order chi connectivity index (χ0) is 20.9. The summed E-state index contributed by atoms with van der Waals surface area (Å²) < 4.78 is 37.6. The number of hydrogen-bond donors (Lipinski definition) is 2. The monoisotopic (exact) mass is 397 g/mol. The Morgan fingerprint density at radius 1 is 1.25 bits per heavy atom. The van der Waals surface area contributed by atoms with Crippen LogP contribution < -0.4 is 10.6 Å². The number of halogens is 3. The number of likely N-dealkylation sites (tertiary alicyclic amines) is 1. The van der Waals surface area contributed by atoms with Gasteiger partial charge in [0.2, 0.25) is 5.91 Å². The van der Waals surface area contributed by atoms with Gasteiger partial charge in [0.25, 0.3) is 5.91 Å². The van der Waals surface area contributed by atoms with Crippen molar-refractivity contribution in [1.82, 2.24) is 15.5 Å². The molecule has 2 rings (SSSR count). The van der Waals surface area contributed by atoms with Crippen molar-refractivity contribution in [3.63, 3.8) is 0 Å². The Balaban J connectivity index is 2.13. The van der Waals surface area contributed by atoms with Crippen LogP contribution in [-0.4, -0.2) is 47.9 Å². The van der Waals surface area contributed by atoms with E-state index in [1.165, 1.54) is 4.90 Å². The Hall–Kier alpha value is -2.84. The summed E-state index contributed by atoms with van der Waals surface area (Å²) in [7, 11) is 0. The second-order valence-corrected chi connectivity index (χ2v) is 6.80. The molecule has 1 aliphatic heterocycles. The maximum absolute atomic E-state index is 13.0. The molecule has 2 unspecified atom stereocenters. The fraction of sp³-hybridized carbons (Fsp3) is 0.421. The van der Waals surface area contributed by atoms with Gasteiger partial charge in [0.15, 0.2) is 0 Å². The molecule has 1 fully saturated rings. The minimum absolute atomic E-state index is 0.0155. The van der Waals surface area contributed by atoms with Crippen LogP contribution >= 0.6 is 0 Å². The first-order chi connectivity index (χ1) is 13.1. The molecule has 9 heteroatoms. The number of rotatable bonds is 5. The van der Waals surface area contributed by atoms with E-state index in [0.717, 1.165) is 6.08 Å². The number of benzene rings is 1. The van der Waals surface area contributed by atoms with Crippen molar-refractivity contribution in [2.45, 2.75) is 32.1 Å². The van der Waals surface area contributed by atoms with Crippen molar-refractivity contribution in [3.8, 4) is 0 Å². The van der Waals surface area contributed by atoms with Gasteiger partial charge in [-0.3, -0.25) is 14.4 Å². The number of piperidine rings is 1. The molecular formula is C19H22F3N3O3. The predicted molar refractivity (Wildman–Crippen MR) is 96.2 cm³/mol. The SMILES string of the molecule is C=CC(=O)NCc1ccccc1C(=O)N1CC(C)CC(NC(=O)C(F)(F)F)C1. The molecule has 2 N–H and O–H groups in total. The van der Waals surface area contributed by atoms with Crippen LogP contribution in [0.1, 0.15) is 29.3 Å². The van der Waals surface area contributed by atoms with E-state index >= 15 is 0 Å². The largest absolute Gasteiger partial charge is 0.471 e.